The van der Waals surface area contributed by atoms with Gasteiger partial charge in [-0.2, -0.15) is 0 Å². The number of hydrogen-bond acceptors (Lipinski definition) is 4. The minimum absolute atomic E-state index is 0.178. The minimum atomic E-state index is -0.178. The van der Waals surface area contributed by atoms with Crippen LogP contribution in [0.15, 0.2) is 79.0 Å². The largest absolute Gasteiger partial charge is 0.485 e. The van der Waals surface area contributed by atoms with Crippen molar-refractivity contribution in [2.45, 2.75) is 32.4 Å². The second-order valence-corrected chi connectivity index (χ2v) is 9.24. The molecule has 3 N–H and O–H groups in total. The van der Waals surface area contributed by atoms with Gasteiger partial charge >= 0.3 is 0 Å². The van der Waals surface area contributed by atoms with E-state index >= 15 is 0 Å². The summed E-state index contributed by atoms with van der Waals surface area (Å²) in [6, 6.07) is 25.1. The zero-order valence-electron chi connectivity index (χ0n) is 18.8. The lowest BCUT2D eigenvalue weighted by Gasteiger charge is -2.18. The van der Waals surface area contributed by atoms with Gasteiger partial charge in [-0.1, -0.05) is 30.3 Å². The summed E-state index contributed by atoms with van der Waals surface area (Å²) >= 11 is 0. The van der Waals surface area contributed by atoms with Gasteiger partial charge < -0.3 is 20.4 Å². The van der Waals surface area contributed by atoms with Crippen molar-refractivity contribution in [1.82, 2.24) is 9.97 Å². The summed E-state index contributed by atoms with van der Waals surface area (Å²) in [6.07, 6.45) is 2.90. The highest BCUT2D eigenvalue weighted by molar-refractivity contribution is 5.93. The van der Waals surface area contributed by atoms with Crippen LogP contribution in [-0.2, 0) is 13.0 Å². The summed E-state index contributed by atoms with van der Waals surface area (Å²) < 4.78 is 6.20. The topological polar surface area (TPSA) is 62.0 Å². The van der Waals surface area contributed by atoms with E-state index in [0.29, 0.717) is 0 Å². The maximum absolute atomic E-state index is 6.20. The molecule has 0 bridgehead atoms. The average Bonchev–Trinajstić information content (AvgIpc) is 3.41. The molecule has 0 atom stereocenters. The number of hydrogen-bond donors (Lipinski definition) is 3. The number of nitrogens with one attached hydrogen (secondary N) is 3. The zero-order valence-corrected chi connectivity index (χ0v) is 18.8. The molecule has 2 aromatic heterocycles. The average molecular weight is 435 g/mol. The van der Waals surface area contributed by atoms with Crippen molar-refractivity contribution < 1.29 is 4.74 Å². The Bertz CT molecular complexity index is 1480. The first-order valence-corrected chi connectivity index (χ1v) is 11.3. The van der Waals surface area contributed by atoms with Crippen LogP contribution in [0, 0.1) is 0 Å². The summed E-state index contributed by atoms with van der Waals surface area (Å²) in [5.74, 6) is 1.73. The molecule has 5 aromatic rings. The van der Waals surface area contributed by atoms with Gasteiger partial charge in [0.1, 0.15) is 17.2 Å². The van der Waals surface area contributed by atoms with Crippen molar-refractivity contribution >= 4 is 39.0 Å². The summed E-state index contributed by atoms with van der Waals surface area (Å²) in [7, 11) is 0. The molecule has 3 aromatic carbocycles. The number of pyridine rings is 1. The number of ether oxygens (including phenoxy) is 1. The first-order valence-electron chi connectivity index (χ1n) is 11.3. The Balaban J connectivity index is 1.26. The number of aromatic amines is 1. The first-order chi connectivity index (χ1) is 16.1. The summed E-state index contributed by atoms with van der Waals surface area (Å²) in [5.41, 5.74) is 6.45. The molecule has 0 spiro atoms. The Morgan fingerprint density at radius 2 is 1.76 bits per heavy atom. The van der Waals surface area contributed by atoms with Gasteiger partial charge in [0.2, 0.25) is 0 Å². The molecule has 0 amide bonds. The highest BCUT2D eigenvalue weighted by Gasteiger charge is 2.31. The van der Waals surface area contributed by atoms with Gasteiger partial charge in [-0.3, -0.25) is 0 Å². The van der Waals surface area contributed by atoms with Crippen molar-refractivity contribution in [3.8, 4) is 5.75 Å². The van der Waals surface area contributed by atoms with Crippen molar-refractivity contribution in [1.29, 1.82) is 0 Å². The van der Waals surface area contributed by atoms with Gasteiger partial charge in [0, 0.05) is 46.7 Å². The van der Waals surface area contributed by atoms with Crippen LogP contribution in [0.4, 0.5) is 17.2 Å². The van der Waals surface area contributed by atoms with Crippen molar-refractivity contribution in [3.63, 3.8) is 0 Å². The Labute approximate surface area is 192 Å². The van der Waals surface area contributed by atoms with Crippen LogP contribution in [0.5, 0.6) is 5.75 Å². The fourth-order valence-corrected chi connectivity index (χ4v) is 4.73. The van der Waals surface area contributed by atoms with Crippen LogP contribution in [0.3, 0.4) is 0 Å². The maximum atomic E-state index is 6.20. The molecule has 5 nitrogen and oxygen atoms in total. The number of rotatable bonds is 5. The molecule has 6 rings (SSSR count). The fourth-order valence-electron chi connectivity index (χ4n) is 4.73. The van der Waals surface area contributed by atoms with Crippen molar-refractivity contribution in [3.05, 3.63) is 90.1 Å². The third-order valence-electron chi connectivity index (χ3n) is 6.24. The highest BCUT2D eigenvalue weighted by atomic mass is 16.5. The van der Waals surface area contributed by atoms with Crippen molar-refractivity contribution in [2.24, 2.45) is 0 Å². The van der Waals surface area contributed by atoms with Gasteiger partial charge in [0.25, 0.3) is 0 Å². The normalized spacial score (nSPS) is 14.2. The zero-order chi connectivity index (χ0) is 22.4. The molecule has 0 aliphatic carbocycles. The summed E-state index contributed by atoms with van der Waals surface area (Å²) in [6.45, 7) is 4.99. The monoisotopic (exact) mass is 434 g/mol. The number of nitrogens with zero attached hydrogens (tertiary/aromatic N) is 1. The Morgan fingerprint density at radius 3 is 2.70 bits per heavy atom. The molecule has 164 valence electrons. The van der Waals surface area contributed by atoms with Crippen LogP contribution in [0.1, 0.15) is 25.0 Å². The second kappa shape index (κ2) is 7.55. The number of aromatic nitrogens is 2. The third-order valence-corrected chi connectivity index (χ3v) is 6.24. The number of anilines is 3. The quantitative estimate of drug-likeness (QED) is 0.285. The van der Waals surface area contributed by atoms with E-state index in [1.807, 2.05) is 30.5 Å². The van der Waals surface area contributed by atoms with Gasteiger partial charge in [-0.15, -0.1) is 0 Å². The molecule has 1 aliphatic rings. The molecule has 3 heterocycles. The molecule has 1 aliphatic heterocycles. The molecular weight excluding hydrogens is 408 g/mol. The second-order valence-electron chi connectivity index (χ2n) is 9.24. The van der Waals surface area contributed by atoms with E-state index in [-0.39, 0.29) is 5.60 Å². The molecule has 0 saturated heterocycles. The van der Waals surface area contributed by atoms with Crippen LogP contribution < -0.4 is 15.4 Å². The van der Waals surface area contributed by atoms with Crippen LogP contribution in [-0.4, -0.2) is 15.6 Å². The lowest BCUT2D eigenvalue weighted by atomic mass is 10.0. The predicted molar refractivity (Wildman–Crippen MR) is 136 cm³/mol. The van der Waals surface area contributed by atoms with E-state index in [1.165, 1.54) is 16.5 Å². The maximum Gasteiger partial charge on any atom is 0.146 e. The standard InChI is InChI=1S/C28H26N4O/c1-28(2)16-18-6-3-11-25(27(18)33-28)32-26-13-12-21-23(9-5-10-24(21)31-26)30-17-19-7-4-8-22-20(19)14-15-29-22/h3-15,29-30H,16-17H2,1-2H3,(H,31,32). The number of fused-ring (bicyclic) bond motifs is 3. The molecule has 5 heteroatoms. The molecule has 33 heavy (non-hydrogen) atoms. The fraction of sp³-hybridized carbons (Fsp3) is 0.179. The van der Waals surface area contributed by atoms with E-state index < -0.39 is 0 Å². The van der Waals surface area contributed by atoms with Gasteiger partial charge in [-0.05, 0) is 61.9 Å². The Hall–Kier alpha value is -3.99. The first kappa shape index (κ1) is 19.7. The van der Waals surface area contributed by atoms with E-state index in [0.717, 1.165) is 52.3 Å². The van der Waals surface area contributed by atoms with Crippen LogP contribution in [0.25, 0.3) is 21.8 Å². The summed E-state index contributed by atoms with van der Waals surface area (Å²) in [4.78, 5) is 8.16. The van der Waals surface area contributed by atoms with Gasteiger partial charge in [0.05, 0.1) is 11.2 Å². The lowest BCUT2D eigenvalue weighted by molar-refractivity contribution is 0.139. The van der Waals surface area contributed by atoms with Crippen LogP contribution in [0.2, 0.25) is 0 Å². The molecule has 0 fully saturated rings. The van der Waals surface area contributed by atoms with Crippen molar-refractivity contribution in [2.75, 3.05) is 10.6 Å². The number of benzene rings is 3. The van der Waals surface area contributed by atoms with E-state index in [4.69, 9.17) is 9.72 Å². The minimum Gasteiger partial charge on any atom is -0.485 e. The van der Waals surface area contributed by atoms with E-state index in [1.54, 1.807) is 0 Å². The van der Waals surface area contributed by atoms with E-state index in [9.17, 15) is 0 Å². The summed E-state index contributed by atoms with van der Waals surface area (Å²) in [5, 5.41) is 9.42. The molecule has 0 unspecified atom stereocenters. The number of H-pyrrole nitrogens is 1. The molecular formula is C28H26N4O. The van der Waals surface area contributed by atoms with Gasteiger partial charge in [-0.25, -0.2) is 4.98 Å². The number of para-hydroxylation sites is 1. The molecule has 0 saturated carbocycles. The van der Waals surface area contributed by atoms with Gasteiger partial charge in [0.15, 0.2) is 0 Å². The van der Waals surface area contributed by atoms with E-state index in [2.05, 4.69) is 78.0 Å². The SMILES string of the molecule is CC1(C)Cc2cccc(Nc3ccc4c(NCc5cccc6[nH]ccc56)cccc4n3)c2O1. The molecule has 0 radical (unpaired) electrons. The lowest BCUT2D eigenvalue weighted by Crippen LogP contribution is -2.24. The third kappa shape index (κ3) is 3.65. The Kier molecular flexibility index (Phi) is 4.50. The Morgan fingerprint density at radius 1 is 0.909 bits per heavy atom. The predicted octanol–water partition coefficient (Wildman–Crippen LogP) is 6.79. The highest BCUT2D eigenvalue weighted by Crippen LogP contribution is 2.41. The smallest absolute Gasteiger partial charge is 0.146 e. The van der Waals surface area contributed by atoms with Crippen LogP contribution >= 0.6 is 0 Å².